The predicted octanol–water partition coefficient (Wildman–Crippen LogP) is 3.33. The lowest BCUT2D eigenvalue weighted by atomic mass is 10.1. The van der Waals surface area contributed by atoms with Gasteiger partial charge in [0, 0.05) is 38.8 Å². The van der Waals surface area contributed by atoms with Gasteiger partial charge in [-0.3, -0.25) is 4.79 Å². The van der Waals surface area contributed by atoms with E-state index in [2.05, 4.69) is 20.9 Å². The Balaban J connectivity index is 1.98. The maximum absolute atomic E-state index is 14.5. The predicted molar refractivity (Wildman–Crippen MR) is 126 cm³/mol. The lowest BCUT2D eigenvalue weighted by molar-refractivity contribution is 0.0963. The van der Waals surface area contributed by atoms with Crippen molar-refractivity contribution in [1.29, 1.82) is 0 Å². The first-order valence-corrected chi connectivity index (χ1v) is 10.9. The van der Waals surface area contributed by atoms with Crippen LogP contribution in [0.2, 0.25) is 0 Å². The van der Waals surface area contributed by atoms with Gasteiger partial charge in [0.05, 0.1) is 12.2 Å². The molecule has 2 aromatic carbocycles. The fourth-order valence-corrected chi connectivity index (χ4v) is 3.32. The van der Waals surface area contributed by atoms with Crippen molar-refractivity contribution in [3.8, 4) is 0 Å². The molecular weight excluding hydrogens is 393 g/mol. The van der Waals surface area contributed by atoms with Gasteiger partial charge >= 0.3 is 0 Å². The number of halogens is 1. The molecule has 1 amide bonds. The first kappa shape index (κ1) is 24.2. The van der Waals surface area contributed by atoms with E-state index < -0.39 is 0 Å². The number of hydrogen-bond donors (Lipinski definition) is 3. The maximum atomic E-state index is 14.5. The first-order chi connectivity index (χ1) is 15.0. The Kier molecular flexibility index (Phi) is 9.81. The lowest BCUT2D eigenvalue weighted by Crippen LogP contribution is -2.38. The van der Waals surface area contributed by atoms with Crippen LogP contribution in [0.5, 0.6) is 0 Å². The summed E-state index contributed by atoms with van der Waals surface area (Å²) in [7, 11) is 1.62. The molecule has 2 rings (SSSR count). The van der Waals surface area contributed by atoms with E-state index in [-0.39, 0.29) is 11.7 Å². The van der Waals surface area contributed by atoms with Gasteiger partial charge in [-0.15, -0.1) is 0 Å². The summed E-state index contributed by atoms with van der Waals surface area (Å²) < 4.78 is 14.5. The summed E-state index contributed by atoms with van der Waals surface area (Å²) in [6.45, 7) is 9.36. The van der Waals surface area contributed by atoms with Gasteiger partial charge in [-0.25, -0.2) is 9.38 Å². The number of guanidine groups is 1. The van der Waals surface area contributed by atoms with Gasteiger partial charge in [-0.1, -0.05) is 18.2 Å². The second-order valence-corrected chi connectivity index (χ2v) is 7.11. The van der Waals surface area contributed by atoms with Crippen LogP contribution in [0.4, 0.5) is 10.1 Å². The molecule has 6 nitrogen and oxygen atoms in total. The van der Waals surface area contributed by atoms with Gasteiger partial charge in [-0.05, 0) is 62.6 Å². The number of amides is 1. The van der Waals surface area contributed by atoms with Crippen molar-refractivity contribution in [1.82, 2.24) is 16.0 Å². The van der Waals surface area contributed by atoms with Gasteiger partial charge in [-0.2, -0.15) is 0 Å². The Labute approximate surface area is 184 Å². The van der Waals surface area contributed by atoms with Gasteiger partial charge in [0.1, 0.15) is 5.82 Å². The molecule has 0 aliphatic carbocycles. The molecular formula is C24H34FN5O. The number of nitrogens with one attached hydrogen (secondary N) is 3. The zero-order valence-electron chi connectivity index (χ0n) is 19.0. The smallest absolute Gasteiger partial charge is 0.251 e. The zero-order valence-corrected chi connectivity index (χ0v) is 19.0. The highest BCUT2D eigenvalue weighted by molar-refractivity contribution is 5.94. The highest BCUT2D eigenvalue weighted by Crippen LogP contribution is 2.20. The highest BCUT2D eigenvalue weighted by Gasteiger charge is 2.09. The van der Waals surface area contributed by atoms with Gasteiger partial charge in [0.2, 0.25) is 0 Å². The van der Waals surface area contributed by atoms with Crippen molar-refractivity contribution in [2.75, 3.05) is 38.1 Å². The van der Waals surface area contributed by atoms with Crippen molar-refractivity contribution in [2.45, 2.75) is 33.7 Å². The Morgan fingerprint density at radius 3 is 2.45 bits per heavy atom. The summed E-state index contributed by atoms with van der Waals surface area (Å²) in [4.78, 5) is 18.4. The van der Waals surface area contributed by atoms with Crippen molar-refractivity contribution in [2.24, 2.45) is 4.99 Å². The largest absolute Gasteiger partial charge is 0.370 e. The normalized spacial score (nSPS) is 11.2. The topological polar surface area (TPSA) is 68.8 Å². The van der Waals surface area contributed by atoms with Crippen LogP contribution in [0.1, 0.15) is 42.3 Å². The third-order valence-electron chi connectivity index (χ3n) is 5.00. The number of aliphatic imine (C=N–C) groups is 1. The van der Waals surface area contributed by atoms with Crippen molar-refractivity contribution >= 4 is 17.6 Å². The summed E-state index contributed by atoms with van der Waals surface area (Å²) in [5, 5.41) is 9.15. The molecule has 3 N–H and O–H groups in total. The van der Waals surface area contributed by atoms with E-state index in [1.807, 2.05) is 56.0 Å². The van der Waals surface area contributed by atoms with Gasteiger partial charge in [0.15, 0.2) is 5.96 Å². The van der Waals surface area contributed by atoms with Gasteiger partial charge in [0.25, 0.3) is 5.91 Å². The Morgan fingerprint density at radius 2 is 1.81 bits per heavy atom. The summed E-state index contributed by atoms with van der Waals surface area (Å²) in [5.74, 6) is 0.368. The molecule has 0 atom stereocenters. The molecule has 7 heteroatoms. The fourth-order valence-electron chi connectivity index (χ4n) is 3.32. The van der Waals surface area contributed by atoms with Crippen LogP contribution in [-0.4, -0.2) is 45.1 Å². The van der Waals surface area contributed by atoms with Crippen LogP contribution >= 0.6 is 0 Å². The Morgan fingerprint density at radius 1 is 1.03 bits per heavy atom. The number of nitrogens with zero attached hydrogens (tertiary/aromatic N) is 2. The van der Waals surface area contributed by atoms with Crippen LogP contribution in [0.15, 0.2) is 47.5 Å². The van der Waals surface area contributed by atoms with Crippen LogP contribution in [0.25, 0.3) is 0 Å². The van der Waals surface area contributed by atoms with Gasteiger partial charge < -0.3 is 20.9 Å². The number of anilines is 1. The number of rotatable bonds is 10. The van der Waals surface area contributed by atoms with Crippen LogP contribution in [0, 0.1) is 5.82 Å². The quantitative estimate of drug-likeness (QED) is 0.402. The minimum absolute atomic E-state index is 0.0936. The average molecular weight is 428 g/mol. The molecule has 0 spiro atoms. The van der Waals surface area contributed by atoms with Crippen molar-refractivity contribution < 1.29 is 9.18 Å². The van der Waals surface area contributed by atoms with Crippen LogP contribution < -0.4 is 20.9 Å². The minimum atomic E-state index is -0.217. The molecule has 0 saturated heterocycles. The zero-order chi connectivity index (χ0) is 22.6. The summed E-state index contributed by atoms with van der Waals surface area (Å²) in [6.07, 6.45) is 0.752. The number of carbonyl (C=O) groups excluding carboxylic acids is 1. The average Bonchev–Trinajstić information content (AvgIpc) is 2.79. The molecule has 0 fully saturated rings. The third-order valence-corrected chi connectivity index (χ3v) is 5.00. The highest BCUT2D eigenvalue weighted by atomic mass is 19.1. The minimum Gasteiger partial charge on any atom is -0.370 e. The standard InChI is InChI=1S/C24H34FN5O/c1-5-27-24(28-14-13-18-9-8-10-20(15-18)23(31)26-4)29-17-19-11-12-22(21(25)16-19)30(6-2)7-3/h8-12,15-16H,5-7,13-14,17H2,1-4H3,(H,26,31)(H2,27,28,29). The van der Waals surface area contributed by atoms with Crippen LogP contribution in [0.3, 0.4) is 0 Å². The number of benzene rings is 2. The molecule has 2 aromatic rings. The Hall–Kier alpha value is -3.09. The third kappa shape index (κ3) is 7.27. The monoisotopic (exact) mass is 427 g/mol. The molecule has 0 aromatic heterocycles. The van der Waals surface area contributed by atoms with E-state index >= 15 is 0 Å². The van der Waals surface area contributed by atoms with E-state index in [9.17, 15) is 9.18 Å². The molecule has 0 aliphatic rings. The maximum Gasteiger partial charge on any atom is 0.251 e. The van der Waals surface area contributed by atoms with Crippen LogP contribution in [-0.2, 0) is 13.0 Å². The second-order valence-electron chi connectivity index (χ2n) is 7.11. The molecule has 0 heterocycles. The molecule has 31 heavy (non-hydrogen) atoms. The van der Waals surface area contributed by atoms with E-state index in [1.54, 1.807) is 19.2 Å². The molecule has 0 aliphatic heterocycles. The fraction of sp³-hybridized carbons (Fsp3) is 0.417. The number of hydrogen-bond acceptors (Lipinski definition) is 3. The SMILES string of the molecule is CCNC(=NCc1ccc(N(CC)CC)c(F)c1)NCCc1cccc(C(=O)NC)c1. The summed E-state index contributed by atoms with van der Waals surface area (Å²) >= 11 is 0. The van der Waals surface area contributed by atoms with Crippen molar-refractivity contribution in [3.05, 3.63) is 65.0 Å². The first-order valence-electron chi connectivity index (χ1n) is 10.9. The van der Waals surface area contributed by atoms with E-state index in [1.165, 1.54) is 0 Å². The number of carbonyl (C=O) groups is 1. The van der Waals surface area contributed by atoms with E-state index in [0.717, 1.165) is 37.2 Å². The summed E-state index contributed by atoms with van der Waals surface area (Å²) in [5.41, 5.74) is 3.17. The van der Waals surface area contributed by atoms with Crippen molar-refractivity contribution in [3.63, 3.8) is 0 Å². The molecule has 0 radical (unpaired) electrons. The second kappa shape index (κ2) is 12.6. The summed E-state index contributed by atoms with van der Waals surface area (Å²) in [6, 6.07) is 12.9. The molecule has 0 unspecified atom stereocenters. The Bertz CT molecular complexity index is 880. The molecule has 0 bridgehead atoms. The van der Waals surface area contributed by atoms with E-state index in [0.29, 0.717) is 30.3 Å². The molecule has 168 valence electrons. The van der Waals surface area contributed by atoms with E-state index in [4.69, 9.17) is 0 Å². The lowest BCUT2D eigenvalue weighted by Gasteiger charge is -2.21. The molecule has 0 saturated carbocycles.